The molecule has 1 aliphatic rings. The number of nitrogens with two attached hydrogens (primary N) is 1. The highest BCUT2D eigenvalue weighted by Gasteiger charge is 2.23. The number of aromatic amines is 1. The van der Waals surface area contributed by atoms with Crippen molar-refractivity contribution >= 4 is 16.7 Å². The number of para-hydroxylation sites is 1. The first-order valence-electron chi connectivity index (χ1n) is 6.85. The first kappa shape index (κ1) is 12.2. The van der Waals surface area contributed by atoms with Crippen LogP contribution in [0.15, 0.2) is 35.1 Å². The lowest BCUT2D eigenvalue weighted by atomic mass is 10.1. The summed E-state index contributed by atoms with van der Waals surface area (Å²) in [5, 5.41) is 4.04. The third-order valence-corrected chi connectivity index (χ3v) is 4.01. The average molecular weight is 257 g/mol. The first-order valence-corrected chi connectivity index (χ1v) is 6.85. The van der Waals surface area contributed by atoms with Crippen LogP contribution in [0.25, 0.3) is 10.9 Å². The summed E-state index contributed by atoms with van der Waals surface area (Å²) in [4.78, 5) is 15.2. The number of H-pyrrole nitrogens is 1. The second-order valence-electron chi connectivity index (χ2n) is 5.33. The molecule has 4 N–H and O–H groups in total. The van der Waals surface area contributed by atoms with Gasteiger partial charge in [0.2, 0.25) is 0 Å². The molecule has 0 amide bonds. The molecule has 2 unspecified atom stereocenters. The highest BCUT2D eigenvalue weighted by molar-refractivity contribution is 5.79. The van der Waals surface area contributed by atoms with Gasteiger partial charge in [-0.15, -0.1) is 0 Å². The molecule has 1 heterocycles. The van der Waals surface area contributed by atoms with Crippen LogP contribution in [0.1, 0.15) is 19.3 Å². The third kappa shape index (κ3) is 2.49. The molecule has 19 heavy (non-hydrogen) atoms. The molecule has 3 rings (SSSR count). The third-order valence-electron chi connectivity index (χ3n) is 4.01. The van der Waals surface area contributed by atoms with Gasteiger partial charge in [-0.1, -0.05) is 18.6 Å². The molecule has 0 bridgehead atoms. The predicted octanol–water partition coefficient (Wildman–Crippen LogP) is 2.07. The van der Waals surface area contributed by atoms with Crippen LogP contribution in [0, 0.1) is 5.92 Å². The second-order valence-corrected chi connectivity index (χ2v) is 5.33. The molecule has 4 heteroatoms. The topological polar surface area (TPSA) is 70.9 Å². The minimum atomic E-state index is 0.0487. The standard InChI is InChI=1S/C15H19N3O/c16-12-6-3-4-10(12)9-17-15-8-14(19)11-5-1-2-7-13(11)18-15/h1-2,5,7-8,10,12H,3-4,6,9,16H2,(H2,17,18,19). The van der Waals surface area contributed by atoms with Crippen molar-refractivity contribution in [3.63, 3.8) is 0 Å². The van der Waals surface area contributed by atoms with Crippen LogP contribution in [-0.2, 0) is 0 Å². The summed E-state index contributed by atoms with van der Waals surface area (Å²) in [6.45, 7) is 0.829. The minimum Gasteiger partial charge on any atom is -0.371 e. The Morgan fingerprint density at radius 3 is 2.95 bits per heavy atom. The number of benzene rings is 1. The van der Waals surface area contributed by atoms with Gasteiger partial charge >= 0.3 is 0 Å². The summed E-state index contributed by atoms with van der Waals surface area (Å²) >= 11 is 0. The molecule has 1 aromatic heterocycles. The fourth-order valence-corrected chi connectivity index (χ4v) is 2.85. The Bertz CT molecular complexity index is 635. The SMILES string of the molecule is NC1CCCC1CNc1cc(=O)c2ccccc2[nH]1. The monoisotopic (exact) mass is 257 g/mol. The van der Waals surface area contributed by atoms with Gasteiger partial charge in [-0.25, -0.2) is 0 Å². The summed E-state index contributed by atoms with van der Waals surface area (Å²) in [5.74, 6) is 1.29. The molecule has 0 saturated heterocycles. The molecule has 100 valence electrons. The van der Waals surface area contributed by atoms with Crippen LogP contribution in [0.5, 0.6) is 0 Å². The maximum atomic E-state index is 12.0. The van der Waals surface area contributed by atoms with Crippen LogP contribution in [0.2, 0.25) is 0 Å². The maximum Gasteiger partial charge on any atom is 0.191 e. The fourth-order valence-electron chi connectivity index (χ4n) is 2.85. The number of fused-ring (bicyclic) bond motifs is 1. The van der Waals surface area contributed by atoms with E-state index in [1.54, 1.807) is 6.07 Å². The van der Waals surface area contributed by atoms with Gasteiger partial charge in [-0.2, -0.15) is 0 Å². The zero-order valence-electron chi connectivity index (χ0n) is 10.9. The molecule has 1 aliphatic carbocycles. The van der Waals surface area contributed by atoms with Gasteiger partial charge in [0.15, 0.2) is 5.43 Å². The van der Waals surface area contributed by atoms with Gasteiger partial charge in [0.05, 0.1) is 5.52 Å². The van der Waals surface area contributed by atoms with E-state index in [0.717, 1.165) is 29.7 Å². The molecule has 0 radical (unpaired) electrons. The Morgan fingerprint density at radius 2 is 2.16 bits per heavy atom. The minimum absolute atomic E-state index is 0.0487. The largest absolute Gasteiger partial charge is 0.371 e. The van der Waals surface area contributed by atoms with Crippen LogP contribution < -0.4 is 16.5 Å². The normalized spacial score (nSPS) is 22.8. The van der Waals surface area contributed by atoms with Crippen LogP contribution in [0.3, 0.4) is 0 Å². The predicted molar refractivity (Wildman–Crippen MR) is 78.4 cm³/mol. The highest BCUT2D eigenvalue weighted by atomic mass is 16.1. The molecule has 2 aromatic rings. The van der Waals surface area contributed by atoms with E-state index in [4.69, 9.17) is 5.73 Å². The van der Waals surface area contributed by atoms with E-state index in [9.17, 15) is 4.79 Å². The fraction of sp³-hybridized carbons (Fsp3) is 0.400. The van der Waals surface area contributed by atoms with Crippen LogP contribution >= 0.6 is 0 Å². The van der Waals surface area contributed by atoms with Gasteiger partial charge in [-0.05, 0) is 30.9 Å². The molecule has 1 saturated carbocycles. The quantitative estimate of drug-likeness (QED) is 0.788. The first-order chi connectivity index (χ1) is 9.24. The molecule has 1 fully saturated rings. The molecule has 0 aliphatic heterocycles. The van der Waals surface area contributed by atoms with Crippen molar-refractivity contribution in [3.8, 4) is 0 Å². The van der Waals surface area contributed by atoms with Crippen molar-refractivity contribution in [1.29, 1.82) is 0 Å². The summed E-state index contributed by atoms with van der Waals surface area (Å²) in [6.07, 6.45) is 3.49. The lowest BCUT2D eigenvalue weighted by Gasteiger charge is -2.16. The molecule has 1 aromatic carbocycles. The maximum absolute atomic E-state index is 12.0. The van der Waals surface area contributed by atoms with Crippen molar-refractivity contribution in [3.05, 3.63) is 40.6 Å². The van der Waals surface area contributed by atoms with Crippen molar-refractivity contribution in [1.82, 2.24) is 4.98 Å². The number of anilines is 1. The Morgan fingerprint density at radius 1 is 1.32 bits per heavy atom. The van der Waals surface area contributed by atoms with Crippen molar-refractivity contribution in [2.24, 2.45) is 11.7 Å². The summed E-state index contributed by atoms with van der Waals surface area (Å²) in [6, 6.07) is 9.48. The van der Waals surface area contributed by atoms with E-state index in [-0.39, 0.29) is 5.43 Å². The molecular weight excluding hydrogens is 238 g/mol. The number of rotatable bonds is 3. The van der Waals surface area contributed by atoms with Gasteiger partial charge in [0, 0.05) is 24.0 Å². The Balaban J connectivity index is 1.80. The molecule has 4 nitrogen and oxygen atoms in total. The smallest absolute Gasteiger partial charge is 0.191 e. The van der Waals surface area contributed by atoms with E-state index < -0.39 is 0 Å². The summed E-state index contributed by atoms with van der Waals surface area (Å²) < 4.78 is 0. The number of pyridine rings is 1. The van der Waals surface area contributed by atoms with Crippen LogP contribution in [-0.4, -0.2) is 17.6 Å². The Labute approximate surface area is 112 Å². The summed E-state index contributed by atoms with van der Waals surface area (Å²) in [5.41, 5.74) is 6.97. The van der Waals surface area contributed by atoms with Gasteiger partial charge in [-0.3, -0.25) is 4.79 Å². The number of aromatic nitrogens is 1. The number of nitrogens with one attached hydrogen (secondary N) is 2. The zero-order valence-corrected chi connectivity index (χ0v) is 10.9. The van der Waals surface area contributed by atoms with Crippen molar-refractivity contribution < 1.29 is 0 Å². The number of hydrogen-bond donors (Lipinski definition) is 3. The second kappa shape index (κ2) is 5.05. The Hall–Kier alpha value is -1.81. The van der Waals surface area contributed by atoms with Gasteiger partial charge < -0.3 is 16.0 Å². The molecule has 2 atom stereocenters. The van der Waals surface area contributed by atoms with E-state index in [0.29, 0.717) is 12.0 Å². The lowest BCUT2D eigenvalue weighted by molar-refractivity contribution is 0.504. The average Bonchev–Trinajstić information content (AvgIpc) is 2.82. The lowest BCUT2D eigenvalue weighted by Crippen LogP contribution is -2.30. The zero-order chi connectivity index (χ0) is 13.2. The van der Waals surface area contributed by atoms with E-state index in [1.807, 2.05) is 24.3 Å². The van der Waals surface area contributed by atoms with Crippen molar-refractivity contribution in [2.45, 2.75) is 25.3 Å². The van der Waals surface area contributed by atoms with E-state index >= 15 is 0 Å². The van der Waals surface area contributed by atoms with E-state index in [1.165, 1.54) is 12.8 Å². The highest BCUT2D eigenvalue weighted by Crippen LogP contribution is 2.24. The van der Waals surface area contributed by atoms with Gasteiger partial charge in [0.1, 0.15) is 5.82 Å². The Kier molecular flexibility index (Phi) is 3.25. The number of hydrogen-bond acceptors (Lipinski definition) is 3. The molecule has 0 spiro atoms. The van der Waals surface area contributed by atoms with Gasteiger partial charge in [0.25, 0.3) is 0 Å². The van der Waals surface area contributed by atoms with Crippen LogP contribution in [0.4, 0.5) is 5.82 Å². The summed E-state index contributed by atoms with van der Waals surface area (Å²) in [7, 11) is 0. The van der Waals surface area contributed by atoms with E-state index in [2.05, 4.69) is 10.3 Å². The van der Waals surface area contributed by atoms with Crippen molar-refractivity contribution in [2.75, 3.05) is 11.9 Å². The molecular formula is C15H19N3O.